The minimum atomic E-state index is -0.958. The molecule has 1 aliphatic heterocycles. The summed E-state index contributed by atoms with van der Waals surface area (Å²) in [7, 11) is 1.68. The maximum Gasteiger partial charge on any atom is 0.327 e. The monoisotopic (exact) mass is 328 g/mol. The molecule has 21 heavy (non-hydrogen) atoms. The fourth-order valence-corrected chi connectivity index (χ4v) is 3.43. The van der Waals surface area contributed by atoms with Gasteiger partial charge in [0.05, 0.1) is 11.9 Å². The Morgan fingerprint density at radius 2 is 2.05 bits per heavy atom. The SMILES string of the molecule is CC(c1ccc(Cl)cc1)N(C)C(=O)N1CSCC1C(=O)O. The molecule has 2 unspecified atom stereocenters. The number of carbonyl (C=O) groups is 2. The second-order valence-electron chi connectivity index (χ2n) is 4.94. The summed E-state index contributed by atoms with van der Waals surface area (Å²) in [5.74, 6) is -0.113. The minimum Gasteiger partial charge on any atom is -0.480 e. The van der Waals surface area contributed by atoms with Crippen LogP contribution in [0.25, 0.3) is 0 Å². The molecule has 0 saturated carbocycles. The van der Waals surface area contributed by atoms with E-state index < -0.39 is 12.0 Å². The molecule has 5 nitrogen and oxygen atoms in total. The zero-order valence-electron chi connectivity index (χ0n) is 11.8. The first kappa shape index (κ1) is 16.0. The predicted octanol–water partition coefficient (Wildman–Crippen LogP) is 2.91. The molecular weight excluding hydrogens is 312 g/mol. The van der Waals surface area contributed by atoms with Crippen molar-refractivity contribution in [1.82, 2.24) is 9.80 Å². The van der Waals surface area contributed by atoms with Gasteiger partial charge < -0.3 is 14.9 Å². The van der Waals surface area contributed by atoms with Crippen molar-refractivity contribution in [2.75, 3.05) is 18.7 Å². The summed E-state index contributed by atoms with van der Waals surface area (Å²) in [6.07, 6.45) is 0. The smallest absolute Gasteiger partial charge is 0.327 e. The van der Waals surface area contributed by atoms with Gasteiger partial charge in [-0.3, -0.25) is 0 Å². The lowest BCUT2D eigenvalue weighted by atomic mass is 10.1. The number of aliphatic carboxylic acids is 1. The normalized spacial score (nSPS) is 19.4. The Balaban J connectivity index is 2.11. The summed E-state index contributed by atoms with van der Waals surface area (Å²) in [5, 5.41) is 9.80. The van der Waals surface area contributed by atoms with Gasteiger partial charge in [-0.15, -0.1) is 11.8 Å². The van der Waals surface area contributed by atoms with E-state index in [1.54, 1.807) is 24.1 Å². The summed E-state index contributed by atoms with van der Waals surface area (Å²) >= 11 is 7.31. The molecule has 1 heterocycles. The fourth-order valence-electron chi connectivity index (χ4n) is 2.17. The molecule has 2 atom stereocenters. The molecule has 114 valence electrons. The van der Waals surface area contributed by atoms with Crippen molar-refractivity contribution in [2.45, 2.75) is 19.0 Å². The van der Waals surface area contributed by atoms with Gasteiger partial charge in [-0.25, -0.2) is 9.59 Å². The van der Waals surface area contributed by atoms with Crippen LogP contribution in [0.4, 0.5) is 4.79 Å². The highest BCUT2D eigenvalue weighted by atomic mass is 35.5. The van der Waals surface area contributed by atoms with Gasteiger partial charge in [0.1, 0.15) is 6.04 Å². The van der Waals surface area contributed by atoms with E-state index in [-0.39, 0.29) is 12.1 Å². The molecule has 1 aliphatic rings. The van der Waals surface area contributed by atoms with Gasteiger partial charge in [-0.05, 0) is 24.6 Å². The number of benzene rings is 1. The molecule has 0 spiro atoms. The third kappa shape index (κ3) is 3.44. The van der Waals surface area contributed by atoms with Crippen molar-refractivity contribution in [1.29, 1.82) is 0 Å². The van der Waals surface area contributed by atoms with Crippen molar-refractivity contribution < 1.29 is 14.7 Å². The molecule has 1 saturated heterocycles. The highest BCUT2D eigenvalue weighted by Gasteiger charge is 2.37. The van der Waals surface area contributed by atoms with Crippen molar-refractivity contribution in [3.63, 3.8) is 0 Å². The van der Waals surface area contributed by atoms with E-state index in [0.717, 1.165) is 5.56 Å². The first-order valence-corrected chi connectivity index (χ1v) is 8.04. The molecule has 2 amide bonds. The number of amides is 2. The Morgan fingerprint density at radius 3 is 2.62 bits per heavy atom. The van der Waals surface area contributed by atoms with E-state index in [4.69, 9.17) is 16.7 Å². The van der Waals surface area contributed by atoms with E-state index >= 15 is 0 Å². The lowest BCUT2D eigenvalue weighted by molar-refractivity contribution is -0.140. The number of rotatable bonds is 3. The van der Waals surface area contributed by atoms with E-state index in [0.29, 0.717) is 16.7 Å². The highest BCUT2D eigenvalue weighted by molar-refractivity contribution is 7.99. The molecule has 0 radical (unpaired) electrons. The van der Waals surface area contributed by atoms with Gasteiger partial charge >= 0.3 is 12.0 Å². The number of thioether (sulfide) groups is 1. The summed E-state index contributed by atoms with van der Waals surface area (Å²) in [4.78, 5) is 26.6. The fraction of sp³-hybridized carbons (Fsp3) is 0.429. The first-order chi connectivity index (χ1) is 9.91. The van der Waals surface area contributed by atoms with Crippen LogP contribution in [0, 0.1) is 0 Å². The second-order valence-corrected chi connectivity index (χ2v) is 6.38. The number of carboxylic acids is 1. The van der Waals surface area contributed by atoms with Gasteiger partial charge in [0.2, 0.25) is 0 Å². The van der Waals surface area contributed by atoms with Crippen LogP contribution in [0.5, 0.6) is 0 Å². The van der Waals surface area contributed by atoms with Crippen LogP contribution in [-0.4, -0.2) is 51.6 Å². The number of hydrogen-bond acceptors (Lipinski definition) is 3. The zero-order valence-corrected chi connectivity index (χ0v) is 13.4. The largest absolute Gasteiger partial charge is 0.480 e. The quantitative estimate of drug-likeness (QED) is 0.926. The topological polar surface area (TPSA) is 60.9 Å². The molecule has 0 bridgehead atoms. The maximum absolute atomic E-state index is 12.5. The van der Waals surface area contributed by atoms with Crippen molar-refractivity contribution in [3.05, 3.63) is 34.9 Å². The van der Waals surface area contributed by atoms with Gasteiger partial charge in [-0.1, -0.05) is 23.7 Å². The first-order valence-electron chi connectivity index (χ1n) is 6.51. The van der Waals surface area contributed by atoms with Crippen LogP contribution in [0.3, 0.4) is 0 Å². The lowest BCUT2D eigenvalue weighted by Crippen LogP contribution is -2.48. The molecule has 1 N–H and O–H groups in total. The lowest BCUT2D eigenvalue weighted by Gasteiger charge is -2.31. The number of carboxylic acid groups (broad SMARTS) is 1. The molecule has 1 fully saturated rings. The van der Waals surface area contributed by atoms with Crippen LogP contribution in [0.2, 0.25) is 5.02 Å². The summed E-state index contributed by atoms with van der Waals surface area (Å²) in [6.45, 7) is 1.90. The van der Waals surface area contributed by atoms with E-state index in [1.165, 1.54) is 16.7 Å². The number of carbonyl (C=O) groups excluding carboxylic acids is 1. The molecule has 7 heteroatoms. The van der Waals surface area contributed by atoms with Gasteiger partial charge in [0, 0.05) is 17.8 Å². The predicted molar refractivity (Wildman–Crippen MR) is 83.6 cm³/mol. The van der Waals surface area contributed by atoms with Crippen LogP contribution in [-0.2, 0) is 4.79 Å². The van der Waals surface area contributed by atoms with E-state index in [9.17, 15) is 9.59 Å². The molecular formula is C14H17ClN2O3S. The maximum atomic E-state index is 12.5. The average molecular weight is 329 g/mol. The molecule has 2 rings (SSSR count). The van der Waals surface area contributed by atoms with Gasteiger partial charge in [0.15, 0.2) is 0 Å². The van der Waals surface area contributed by atoms with Gasteiger partial charge in [0.25, 0.3) is 0 Å². The van der Waals surface area contributed by atoms with E-state index in [2.05, 4.69) is 0 Å². The molecule has 1 aromatic carbocycles. The van der Waals surface area contributed by atoms with Crippen molar-refractivity contribution in [3.8, 4) is 0 Å². The van der Waals surface area contributed by atoms with Crippen molar-refractivity contribution in [2.24, 2.45) is 0 Å². The Morgan fingerprint density at radius 1 is 1.43 bits per heavy atom. The van der Waals surface area contributed by atoms with E-state index in [1.807, 2.05) is 19.1 Å². The summed E-state index contributed by atoms with van der Waals surface area (Å²) in [5.41, 5.74) is 0.953. The van der Waals surface area contributed by atoms with Crippen LogP contribution < -0.4 is 0 Å². The number of nitrogens with zero attached hydrogens (tertiary/aromatic N) is 2. The molecule has 0 aliphatic carbocycles. The van der Waals surface area contributed by atoms with Crippen LogP contribution in [0.1, 0.15) is 18.5 Å². The average Bonchev–Trinajstić information content (AvgIpc) is 2.95. The summed E-state index contributed by atoms with van der Waals surface area (Å²) < 4.78 is 0. The van der Waals surface area contributed by atoms with Crippen LogP contribution >= 0.6 is 23.4 Å². The third-order valence-corrected chi connectivity index (χ3v) is 4.91. The highest BCUT2D eigenvalue weighted by Crippen LogP contribution is 2.26. The zero-order chi connectivity index (χ0) is 15.6. The Kier molecular flexibility index (Phi) is 5.00. The Bertz CT molecular complexity index is 538. The molecule has 0 aromatic heterocycles. The number of hydrogen-bond donors (Lipinski definition) is 1. The number of halogens is 1. The van der Waals surface area contributed by atoms with Crippen molar-refractivity contribution >= 4 is 35.4 Å². The second kappa shape index (κ2) is 6.58. The third-order valence-electron chi connectivity index (χ3n) is 3.65. The standard InChI is InChI=1S/C14H17ClN2O3S/c1-9(10-3-5-11(15)6-4-10)16(2)14(20)17-8-21-7-12(17)13(18)19/h3-6,9,12H,7-8H2,1-2H3,(H,18,19). The Hall–Kier alpha value is -1.40. The van der Waals surface area contributed by atoms with Crippen LogP contribution in [0.15, 0.2) is 24.3 Å². The van der Waals surface area contributed by atoms with Gasteiger partial charge in [-0.2, -0.15) is 0 Å². The Labute approximate surface area is 132 Å². The minimum absolute atomic E-state index is 0.158. The summed E-state index contributed by atoms with van der Waals surface area (Å²) in [6, 6.07) is 6.11. The molecule has 1 aromatic rings. The number of urea groups is 1.